The van der Waals surface area contributed by atoms with E-state index in [0.717, 1.165) is 5.71 Å². The van der Waals surface area contributed by atoms with Crippen molar-refractivity contribution in [3.8, 4) is 5.75 Å². The Morgan fingerprint density at radius 3 is 2.81 bits per heavy atom. The van der Waals surface area contributed by atoms with Crippen LogP contribution in [0.1, 0.15) is 5.56 Å². The van der Waals surface area contributed by atoms with Crippen LogP contribution < -0.4 is 0 Å². The van der Waals surface area contributed by atoms with E-state index in [2.05, 4.69) is 9.98 Å². The maximum atomic E-state index is 9.72. The van der Waals surface area contributed by atoms with Crippen molar-refractivity contribution in [2.45, 2.75) is 6.04 Å². The lowest BCUT2D eigenvalue weighted by molar-refractivity contribution is 0.474. The van der Waals surface area contributed by atoms with Crippen molar-refractivity contribution in [3.63, 3.8) is 0 Å². The van der Waals surface area contributed by atoms with Gasteiger partial charge in [0.2, 0.25) is 0 Å². The van der Waals surface area contributed by atoms with Crippen LogP contribution in [0.25, 0.3) is 0 Å². The van der Waals surface area contributed by atoms with Gasteiger partial charge in [0.05, 0.1) is 11.3 Å². The molecular formula is C13H10N2O. The number of allylic oxidation sites excluding steroid dienone is 2. The third-order valence-corrected chi connectivity index (χ3v) is 2.62. The summed E-state index contributed by atoms with van der Waals surface area (Å²) in [6.07, 6.45) is 7.84. The van der Waals surface area contributed by atoms with Gasteiger partial charge in [-0.05, 0) is 18.2 Å². The van der Waals surface area contributed by atoms with Crippen molar-refractivity contribution in [1.29, 1.82) is 0 Å². The fourth-order valence-corrected chi connectivity index (χ4v) is 1.81. The standard InChI is InChI=1S/C13H10N2O/c16-12-8-4-1-5-9(12)13-14-10-6-2-3-7-11(10)15-13/h1-8,10,16H. The average molecular weight is 210 g/mol. The molecular weight excluding hydrogens is 200 g/mol. The van der Waals surface area contributed by atoms with E-state index in [1.165, 1.54) is 0 Å². The summed E-state index contributed by atoms with van der Waals surface area (Å²) in [7, 11) is 0. The Labute approximate surface area is 93.2 Å². The number of benzene rings is 1. The number of nitrogens with zero attached hydrogens (tertiary/aromatic N) is 2. The molecule has 0 fully saturated rings. The minimum absolute atomic E-state index is 0.0135. The van der Waals surface area contributed by atoms with Crippen molar-refractivity contribution in [2.24, 2.45) is 9.98 Å². The van der Waals surface area contributed by atoms with Crippen LogP contribution in [0, 0.1) is 0 Å². The first-order chi connectivity index (χ1) is 7.84. The molecule has 0 bridgehead atoms. The second-order valence-corrected chi connectivity index (χ2v) is 3.70. The van der Waals surface area contributed by atoms with Crippen LogP contribution in [0.15, 0.2) is 58.6 Å². The van der Waals surface area contributed by atoms with Crippen LogP contribution in [0.2, 0.25) is 0 Å². The molecule has 1 N–H and O–H groups in total. The molecule has 3 heteroatoms. The highest BCUT2D eigenvalue weighted by Crippen LogP contribution is 2.22. The number of rotatable bonds is 1. The number of phenolic OH excluding ortho intramolecular Hbond substituents is 1. The van der Waals surface area contributed by atoms with Crippen molar-refractivity contribution < 1.29 is 5.11 Å². The molecule has 3 nitrogen and oxygen atoms in total. The predicted molar refractivity (Wildman–Crippen MR) is 64.1 cm³/mol. The number of aliphatic imine (C=N–C) groups is 2. The molecule has 0 spiro atoms. The first kappa shape index (κ1) is 9.09. The van der Waals surface area contributed by atoms with E-state index in [1.807, 2.05) is 36.4 Å². The Bertz CT molecular complexity index is 553. The second-order valence-electron chi connectivity index (χ2n) is 3.70. The van der Waals surface area contributed by atoms with Crippen molar-refractivity contribution in [3.05, 3.63) is 54.1 Å². The Hall–Kier alpha value is -2.16. The van der Waals surface area contributed by atoms with Crippen molar-refractivity contribution in [2.75, 3.05) is 0 Å². The van der Waals surface area contributed by atoms with Gasteiger partial charge in [-0.2, -0.15) is 0 Å². The Balaban J connectivity index is 2.05. The maximum Gasteiger partial charge on any atom is 0.159 e. The first-order valence-electron chi connectivity index (χ1n) is 5.14. The van der Waals surface area contributed by atoms with Gasteiger partial charge in [0.1, 0.15) is 11.8 Å². The van der Waals surface area contributed by atoms with Crippen LogP contribution >= 0.6 is 0 Å². The molecule has 1 aliphatic heterocycles. The van der Waals surface area contributed by atoms with Gasteiger partial charge in [-0.1, -0.05) is 30.4 Å². The molecule has 78 valence electrons. The lowest BCUT2D eigenvalue weighted by Gasteiger charge is -2.03. The SMILES string of the molecule is Oc1ccccc1C1=NC2C=CC=CC2=N1. The van der Waals surface area contributed by atoms with Gasteiger partial charge in [0, 0.05) is 0 Å². The minimum Gasteiger partial charge on any atom is -0.507 e. The summed E-state index contributed by atoms with van der Waals surface area (Å²) in [4.78, 5) is 8.87. The topological polar surface area (TPSA) is 45.0 Å². The molecule has 1 aromatic rings. The van der Waals surface area contributed by atoms with Gasteiger partial charge in [-0.15, -0.1) is 0 Å². The molecule has 0 saturated carbocycles. The highest BCUT2D eigenvalue weighted by molar-refractivity contribution is 6.18. The molecule has 16 heavy (non-hydrogen) atoms. The highest BCUT2D eigenvalue weighted by atomic mass is 16.3. The molecule has 3 rings (SSSR count). The number of hydrogen-bond donors (Lipinski definition) is 1. The number of hydrogen-bond acceptors (Lipinski definition) is 3. The summed E-state index contributed by atoms with van der Waals surface area (Å²) >= 11 is 0. The molecule has 2 aliphatic rings. The molecule has 1 aliphatic carbocycles. The zero-order valence-electron chi connectivity index (χ0n) is 8.54. The van der Waals surface area contributed by atoms with E-state index < -0.39 is 0 Å². The van der Waals surface area contributed by atoms with Gasteiger partial charge in [-0.25, -0.2) is 4.99 Å². The van der Waals surface area contributed by atoms with E-state index in [0.29, 0.717) is 11.4 Å². The fraction of sp³-hybridized carbons (Fsp3) is 0.0769. The summed E-state index contributed by atoms with van der Waals surface area (Å²) in [6, 6.07) is 7.13. The summed E-state index contributed by atoms with van der Waals surface area (Å²) in [5.41, 5.74) is 1.62. The first-order valence-corrected chi connectivity index (χ1v) is 5.14. The van der Waals surface area contributed by atoms with E-state index in [9.17, 15) is 5.11 Å². The monoisotopic (exact) mass is 210 g/mol. The van der Waals surface area contributed by atoms with Gasteiger partial charge >= 0.3 is 0 Å². The van der Waals surface area contributed by atoms with Crippen molar-refractivity contribution in [1.82, 2.24) is 0 Å². The Morgan fingerprint density at radius 1 is 1.12 bits per heavy atom. The van der Waals surface area contributed by atoms with Crippen LogP contribution in [0.3, 0.4) is 0 Å². The minimum atomic E-state index is 0.0135. The lowest BCUT2D eigenvalue weighted by atomic mass is 10.1. The summed E-state index contributed by atoms with van der Waals surface area (Å²) in [5.74, 6) is 0.825. The number of fused-ring (bicyclic) bond motifs is 1. The molecule has 1 unspecified atom stereocenters. The van der Waals surface area contributed by atoms with E-state index in [1.54, 1.807) is 12.1 Å². The molecule has 0 radical (unpaired) electrons. The second kappa shape index (κ2) is 3.45. The molecule has 0 saturated heterocycles. The third-order valence-electron chi connectivity index (χ3n) is 2.62. The van der Waals surface area contributed by atoms with E-state index >= 15 is 0 Å². The van der Waals surface area contributed by atoms with Gasteiger partial charge in [-0.3, -0.25) is 4.99 Å². The number of phenols is 1. The average Bonchev–Trinajstić information content (AvgIpc) is 2.73. The fourth-order valence-electron chi connectivity index (χ4n) is 1.81. The predicted octanol–water partition coefficient (Wildman–Crippen LogP) is 2.09. The number of aromatic hydroxyl groups is 1. The summed E-state index contributed by atoms with van der Waals surface area (Å²) in [5, 5.41) is 9.72. The Morgan fingerprint density at radius 2 is 2.00 bits per heavy atom. The smallest absolute Gasteiger partial charge is 0.159 e. The molecule has 0 aromatic heterocycles. The molecule has 1 heterocycles. The zero-order valence-corrected chi connectivity index (χ0v) is 8.54. The third kappa shape index (κ3) is 1.37. The maximum absolute atomic E-state index is 9.72. The normalized spacial score (nSPS) is 21.6. The number of para-hydroxylation sites is 1. The highest BCUT2D eigenvalue weighted by Gasteiger charge is 2.21. The summed E-state index contributed by atoms with van der Waals surface area (Å²) in [6.45, 7) is 0. The van der Waals surface area contributed by atoms with Gasteiger partial charge in [0.15, 0.2) is 5.84 Å². The van der Waals surface area contributed by atoms with Gasteiger partial charge in [0.25, 0.3) is 0 Å². The van der Waals surface area contributed by atoms with Crippen molar-refractivity contribution >= 4 is 11.5 Å². The Kier molecular flexibility index (Phi) is 1.96. The van der Waals surface area contributed by atoms with Crippen LogP contribution in [0.5, 0.6) is 5.75 Å². The van der Waals surface area contributed by atoms with E-state index in [4.69, 9.17) is 0 Å². The van der Waals surface area contributed by atoms with E-state index in [-0.39, 0.29) is 11.8 Å². The van der Waals surface area contributed by atoms with Crippen LogP contribution in [0.4, 0.5) is 0 Å². The largest absolute Gasteiger partial charge is 0.507 e. The molecule has 0 amide bonds. The lowest BCUT2D eigenvalue weighted by Crippen LogP contribution is -2.11. The molecule has 1 aromatic carbocycles. The van der Waals surface area contributed by atoms with Crippen LogP contribution in [-0.2, 0) is 0 Å². The summed E-state index contributed by atoms with van der Waals surface area (Å²) < 4.78 is 0. The van der Waals surface area contributed by atoms with Gasteiger partial charge < -0.3 is 5.11 Å². The van der Waals surface area contributed by atoms with Crippen LogP contribution in [-0.4, -0.2) is 22.7 Å². The number of amidine groups is 1. The quantitative estimate of drug-likeness (QED) is 0.757. The zero-order chi connectivity index (χ0) is 11.0. The molecule has 1 atom stereocenters.